The van der Waals surface area contributed by atoms with Crippen LogP contribution in [0.25, 0.3) is 0 Å². The number of hydrogen-bond donors (Lipinski definition) is 4. The zero-order valence-electron chi connectivity index (χ0n) is 12.0. The highest BCUT2D eigenvalue weighted by atomic mass is 19.1. The molecule has 0 saturated carbocycles. The first-order chi connectivity index (χ1) is 10.7. The number of ether oxygens (including phenoxy) is 1. The average molecular weight is 331 g/mol. The lowest BCUT2D eigenvalue weighted by atomic mass is 9.92. The van der Waals surface area contributed by atoms with Crippen molar-refractivity contribution in [3.63, 3.8) is 0 Å². The van der Waals surface area contributed by atoms with E-state index in [0.717, 1.165) is 0 Å². The third-order valence-electron chi connectivity index (χ3n) is 3.44. The fraction of sp³-hybridized carbons (Fsp3) is 0.538. The minimum Gasteiger partial charge on any atom is -0.391 e. The molecule has 0 aliphatic carbocycles. The van der Waals surface area contributed by atoms with Crippen LogP contribution in [0.2, 0.25) is 0 Å². The molecule has 2 heterocycles. The molecule has 23 heavy (non-hydrogen) atoms. The molecule has 10 heteroatoms. The van der Waals surface area contributed by atoms with Gasteiger partial charge in [-0.25, -0.2) is 13.6 Å². The molecule has 0 spiro atoms. The summed E-state index contributed by atoms with van der Waals surface area (Å²) < 4.78 is 31.7. The van der Waals surface area contributed by atoms with Gasteiger partial charge in [-0.2, -0.15) is 4.98 Å². The normalized spacial score (nSPS) is 31.5. The van der Waals surface area contributed by atoms with Gasteiger partial charge < -0.3 is 25.8 Å². The molecule has 1 aromatic rings. The zero-order chi connectivity index (χ0) is 17.4. The van der Waals surface area contributed by atoms with Crippen LogP contribution in [0, 0.1) is 17.7 Å². The number of anilines is 1. The molecule has 1 aromatic heterocycles. The maximum atomic E-state index is 13.6. The molecule has 126 valence electrons. The van der Waals surface area contributed by atoms with Crippen LogP contribution in [0.1, 0.15) is 13.2 Å². The lowest BCUT2D eigenvalue weighted by Gasteiger charge is -2.26. The molecule has 0 radical (unpaired) electrons. The van der Waals surface area contributed by atoms with Crippen LogP contribution in [0.4, 0.5) is 14.6 Å². The SMILES string of the molecule is C[C@H](O)[C@H]1O[C@@H](n2cc(F)c(N)nc2=O)C(O)(C#CCF)[C@H]1O. The molecular formula is C13H15F2N3O5. The Balaban J connectivity index is 2.58. The van der Waals surface area contributed by atoms with Crippen molar-refractivity contribution in [3.8, 4) is 11.8 Å². The van der Waals surface area contributed by atoms with Crippen molar-refractivity contribution in [1.29, 1.82) is 0 Å². The van der Waals surface area contributed by atoms with Crippen LogP contribution in [-0.2, 0) is 4.74 Å². The van der Waals surface area contributed by atoms with Gasteiger partial charge >= 0.3 is 5.69 Å². The van der Waals surface area contributed by atoms with Gasteiger partial charge in [0.15, 0.2) is 23.5 Å². The first-order valence-corrected chi connectivity index (χ1v) is 6.56. The lowest BCUT2D eigenvalue weighted by Crippen LogP contribution is -2.48. The van der Waals surface area contributed by atoms with Gasteiger partial charge in [-0.1, -0.05) is 11.8 Å². The van der Waals surface area contributed by atoms with Crippen LogP contribution in [0.5, 0.6) is 0 Å². The van der Waals surface area contributed by atoms with Crippen molar-refractivity contribution in [1.82, 2.24) is 9.55 Å². The monoisotopic (exact) mass is 331 g/mol. The van der Waals surface area contributed by atoms with E-state index in [0.29, 0.717) is 10.8 Å². The zero-order valence-corrected chi connectivity index (χ0v) is 12.0. The highest BCUT2D eigenvalue weighted by Gasteiger charge is 2.57. The summed E-state index contributed by atoms with van der Waals surface area (Å²) in [6.07, 6.45) is -5.47. The molecule has 1 aliphatic rings. The predicted octanol–water partition coefficient (Wildman–Crippen LogP) is -1.69. The number of nitrogens with zero attached hydrogens (tertiary/aromatic N) is 2. The molecular weight excluding hydrogens is 316 g/mol. The van der Waals surface area contributed by atoms with Crippen LogP contribution >= 0.6 is 0 Å². The van der Waals surface area contributed by atoms with Gasteiger partial charge in [0.2, 0.25) is 0 Å². The fourth-order valence-electron chi connectivity index (χ4n) is 2.31. The number of nitrogens with two attached hydrogens (primary N) is 1. The molecule has 5 N–H and O–H groups in total. The Morgan fingerprint density at radius 1 is 1.65 bits per heavy atom. The van der Waals surface area contributed by atoms with Gasteiger partial charge in [0.1, 0.15) is 18.9 Å². The van der Waals surface area contributed by atoms with E-state index in [-0.39, 0.29) is 0 Å². The standard InChI is InChI=1S/C13H15F2N3O5/c1-6(19)8-9(20)13(22,3-2-4-14)11(23-8)18-5-7(15)10(16)17-12(18)21/h5-6,8-9,11,19-20,22H,4H2,1H3,(H2,16,17,21)/t6-,8+,9-,11+,13?/m0/s1. The van der Waals surface area contributed by atoms with E-state index in [9.17, 15) is 28.9 Å². The van der Waals surface area contributed by atoms with Gasteiger partial charge in [-0.15, -0.1) is 0 Å². The molecule has 5 atom stereocenters. The average Bonchev–Trinajstić information content (AvgIpc) is 2.74. The van der Waals surface area contributed by atoms with Gasteiger partial charge in [0.25, 0.3) is 0 Å². The number of aliphatic hydroxyl groups is 3. The van der Waals surface area contributed by atoms with E-state index >= 15 is 0 Å². The van der Waals surface area contributed by atoms with Gasteiger partial charge in [-0.3, -0.25) is 4.57 Å². The lowest BCUT2D eigenvalue weighted by molar-refractivity contribution is -0.0886. The second kappa shape index (κ2) is 6.21. The van der Waals surface area contributed by atoms with Crippen molar-refractivity contribution in [2.75, 3.05) is 12.4 Å². The van der Waals surface area contributed by atoms with E-state index in [2.05, 4.69) is 10.9 Å². The maximum Gasteiger partial charge on any atom is 0.351 e. The molecule has 8 nitrogen and oxygen atoms in total. The summed E-state index contributed by atoms with van der Waals surface area (Å²) in [6, 6.07) is 0. The van der Waals surface area contributed by atoms with Crippen LogP contribution < -0.4 is 11.4 Å². The first kappa shape index (κ1) is 17.3. The Morgan fingerprint density at radius 2 is 2.30 bits per heavy atom. The number of alkyl halides is 1. The summed E-state index contributed by atoms with van der Waals surface area (Å²) in [5, 5.41) is 30.3. The van der Waals surface area contributed by atoms with E-state index in [1.54, 1.807) is 0 Å². The minimum atomic E-state index is -2.46. The predicted molar refractivity (Wildman–Crippen MR) is 73.2 cm³/mol. The Labute approximate surface area is 129 Å². The summed E-state index contributed by atoms with van der Waals surface area (Å²) in [4.78, 5) is 15.1. The van der Waals surface area contributed by atoms with Crippen molar-refractivity contribution in [2.45, 2.75) is 37.1 Å². The van der Waals surface area contributed by atoms with E-state index in [1.807, 2.05) is 5.92 Å². The summed E-state index contributed by atoms with van der Waals surface area (Å²) >= 11 is 0. The molecule has 1 aliphatic heterocycles. The van der Waals surface area contributed by atoms with Crippen LogP contribution in [0.3, 0.4) is 0 Å². The Bertz CT molecular complexity index is 714. The smallest absolute Gasteiger partial charge is 0.351 e. The second-order valence-electron chi connectivity index (χ2n) is 5.06. The van der Waals surface area contributed by atoms with E-state index in [4.69, 9.17) is 10.5 Å². The molecule has 0 bridgehead atoms. The summed E-state index contributed by atoms with van der Waals surface area (Å²) in [6.45, 7) is 0.133. The topological polar surface area (TPSA) is 131 Å². The molecule has 1 saturated heterocycles. The largest absolute Gasteiger partial charge is 0.391 e. The first-order valence-electron chi connectivity index (χ1n) is 6.56. The molecule has 1 fully saturated rings. The number of rotatable bonds is 2. The second-order valence-corrected chi connectivity index (χ2v) is 5.06. The van der Waals surface area contributed by atoms with Crippen molar-refractivity contribution < 1.29 is 28.8 Å². The third kappa shape index (κ3) is 2.91. The Hall–Kier alpha value is -2.06. The number of hydrogen-bond acceptors (Lipinski definition) is 7. The molecule has 2 rings (SSSR count). The fourth-order valence-corrected chi connectivity index (χ4v) is 2.31. The summed E-state index contributed by atoms with van der Waals surface area (Å²) in [5.74, 6) is 2.26. The summed E-state index contributed by atoms with van der Waals surface area (Å²) in [5.41, 5.74) is 1.64. The molecule has 1 unspecified atom stereocenters. The Morgan fingerprint density at radius 3 is 2.87 bits per heavy atom. The highest BCUT2D eigenvalue weighted by Crippen LogP contribution is 2.38. The quantitative estimate of drug-likeness (QED) is 0.476. The third-order valence-corrected chi connectivity index (χ3v) is 3.44. The Kier molecular flexibility index (Phi) is 4.67. The van der Waals surface area contributed by atoms with Crippen molar-refractivity contribution in [2.24, 2.45) is 0 Å². The summed E-state index contributed by atoms with van der Waals surface area (Å²) in [7, 11) is 0. The molecule has 0 amide bonds. The van der Waals surface area contributed by atoms with E-state index in [1.165, 1.54) is 6.92 Å². The van der Waals surface area contributed by atoms with Crippen LogP contribution in [-0.4, -0.2) is 55.5 Å². The number of halogens is 2. The van der Waals surface area contributed by atoms with Crippen molar-refractivity contribution >= 4 is 5.82 Å². The maximum absolute atomic E-state index is 13.6. The van der Waals surface area contributed by atoms with Gasteiger partial charge in [0.05, 0.1) is 12.3 Å². The van der Waals surface area contributed by atoms with Crippen LogP contribution in [0.15, 0.2) is 11.0 Å². The van der Waals surface area contributed by atoms with E-state index < -0.39 is 54.1 Å². The minimum absolute atomic E-state index is 0.532. The van der Waals surface area contributed by atoms with Crippen molar-refractivity contribution in [3.05, 3.63) is 22.5 Å². The number of aromatic nitrogens is 2. The highest BCUT2D eigenvalue weighted by molar-refractivity contribution is 5.28. The van der Waals surface area contributed by atoms with Gasteiger partial charge in [-0.05, 0) is 6.92 Å². The molecule has 0 aromatic carbocycles. The number of aliphatic hydroxyl groups excluding tert-OH is 2. The number of nitrogen functional groups attached to an aromatic ring is 1. The van der Waals surface area contributed by atoms with Gasteiger partial charge in [0, 0.05) is 0 Å².